The molecule has 0 saturated heterocycles. The average Bonchev–Trinajstić information content (AvgIpc) is 2.86. The van der Waals surface area contributed by atoms with Crippen LogP contribution in [-0.4, -0.2) is 23.0 Å². The number of nitrogens with zero attached hydrogens (tertiary/aromatic N) is 2. The highest BCUT2D eigenvalue weighted by atomic mass is 35.5. The quantitative estimate of drug-likeness (QED) is 0.463. The van der Waals surface area contributed by atoms with Gasteiger partial charge < -0.3 is 9.74 Å². The lowest BCUT2D eigenvalue weighted by Crippen LogP contribution is -2.30. The molecule has 128 valence electrons. The van der Waals surface area contributed by atoms with Gasteiger partial charge in [-0.1, -0.05) is 47.1 Å². The molecule has 1 aliphatic heterocycles. The van der Waals surface area contributed by atoms with E-state index in [-0.39, 0.29) is 11.6 Å². The summed E-state index contributed by atoms with van der Waals surface area (Å²) in [6.07, 6.45) is 0. The first-order valence-corrected chi connectivity index (χ1v) is 8.37. The number of rotatable bonds is 4. The van der Waals surface area contributed by atoms with Crippen molar-refractivity contribution in [3.8, 4) is 0 Å². The molecule has 3 rings (SSSR count). The van der Waals surface area contributed by atoms with Crippen molar-refractivity contribution in [3.05, 3.63) is 64.7 Å². The number of amides is 1. The Morgan fingerprint density at radius 2 is 1.88 bits per heavy atom. The van der Waals surface area contributed by atoms with E-state index in [2.05, 4.69) is 5.16 Å². The van der Waals surface area contributed by atoms with E-state index in [1.807, 2.05) is 24.3 Å². The largest absolute Gasteiger partial charge is 0.352 e. The lowest BCUT2D eigenvalue weighted by Gasteiger charge is -2.16. The number of carbonyl (C=O) groups is 2. The molecule has 0 aliphatic carbocycles. The first-order valence-electron chi connectivity index (χ1n) is 7.56. The molecule has 25 heavy (non-hydrogen) atoms. The monoisotopic (exact) mass is 376 g/mol. The van der Waals surface area contributed by atoms with E-state index in [0.29, 0.717) is 22.8 Å². The van der Waals surface area contributed by atoms with Crippen molar-refractivity contribution in [1.82, 2.24) is 0 Å². The van der Waals surface area contributed by atoms with Gasteiger partial charge in [-0.3, -0.25) is 4.79 Å². The first-order chi connectivity index (χ1) is 12.0. The van der Waals surface area contributed by atoms with Crippen molar-refractivity contribution >= 4 is 46.5 Å². The van der Waals surface area contributed by atoms with E-state index in [9.17, 15) is 9.59 Å². The molecule has 1 amide bonds. The minimum atomic E-state index is -0.846. The normalized spacial score (nSPS) is 16.0. The highest BCUT2D eigenvalue weighted by Crippen LogP contribution is 2.31. The van der Waals surface area contributed by atoms with Gasteiger partial charge in [-0.05, 0) is 30.7 Å². The Hall–Kier alpha value is -2.37. The molecule has 0 bridgehead atoms. The van der Waals surface area contributed by atoms with Gasteiger partial charge in [0, 0.05) is 10.6 Å². The van der Waals surface area contributed by atoms with Crippen LogP contribution in [0.3, 0.4) is 0 Å². The van der Waals surface area contributed by atoms with E-state index < -0.39 is 11.3 Å². The first kappa shape index (κ1) is 17.5. The fourth-order valence-electron chi connectivity index (χ4n) is 2.44. The molecule has 2 aromatic carbocycles. The highest BCUT2D eigenvalue weighted by molar-refractivity contribution is 6.54. The van der Waals surface area contributed by atoms with Crippen LogP contribution in [0.1, 0.15) is 18.1 Å². The molecule has 0 fully saturated rings. The highest BCUT2D eigenvalue weighted by Gasteiger charge is 2.34. The Labute approximate surface area is 154 Å². The van der Waals surface area contributed by atoms with E-state index in [0.717, 1.165) is 5.56 Å². The molecule has 2 aromatic rings. The van der Waals surface area contributed by atoms with Crippen LogP contribution in [0.4, 0.5) is 5.69 Å². The van der Waals surface area contributed by atoms with Crippen molar-refractivity contribution in [2.24, 2.45) is 5.16 Å². The number of hydrogen-bond acceptors (Lipinski definition) is 4. The molecule has 0 unspecified atom stereocenters. The number of benzene rings is 2. The number of anilines is 1. The Morgan fingerprint density at radius 3 is 2.56 bits per heavy atom. The second-order valence-corrected chi connectivity index (χ2v) is 6.59. The van der Waals surface area contributed by atoms with Gasteiger partial charge in [-0.25, -0.2) is 4.79 Å². The van der Waals surface area contributed by atoms with Crippen LogP contribution in [0, 0.1) is 0 Å². The van der Waals surface area contributed by atoms with Crippen LogP contribution in [0.25, 0.3) is 0 Å². The molecule has 0 saturated carbocycles. The Bertz CT molecular complexity index is 848. The Kier molecular flexibility index (Phi) is 5.06. The van der Waals surface area contributed by atoms with Gasteiger partial charge in [0.1, 0.15) is 5.38 Å². The lowest BCUT2D eigenvalue weighted by molar-refractivity contribution is -0.142. The fourth-order valence-corrected chi connectivity index (χ4v) is 2.61. The summed E-state index contributed by atoms with van der Waals surface area (Å²) in [4.78, 5) is 30.6. The predicted molar refractivity (Wildman–Crippen MR) is 97.0 cm³/mol. The third kappa shape index (κ3) is 3.67. The lowest BCUT2D eigenvalue weighted by atomic mass is 10.1. The maximum absolute atomic E-state index is 12.8. The van der Waals surface area contributed by atoms with Gasteiger partial charge in [-0.2, -0.15) is 0 Å². The summed E-state index contributed by atoms with van der Waals surface area (Å²) in [6.45, 7) is 1.83. The topological polar surface area (TPSA) is 59.0 Å². The van der Waals surface area contributed by atoms with Crippen LogP contribution in [0.15, 0.2) is 53.7 Å². The van der Waals surface area contributed by atoms with Crippen LogP contribution in [-0.2, 0) is 21.0 Å². The SMILES string of the molecule is C[C@@H](Cl)C(=O)O/N=C1/C(=O)N(Cc2ccc(Cl)cc2)c2ccccc21. The van der Waals surface area contributed by atoms with Crippen molar-refractivity contribution in [2.45, 2.75) is 18.8 Å². The van der Waals surface area contributed by atoms with E-state index in [4.69, 9.17) is 28.0 Å². The average molecular weight is 377 g/mol. The van der Waals surface area contributed by atoms with E-state index in [1.54, 1.807) is 29.2 Å². The summed E-state index contributed by atoms with van der Waals surface area (Å²) < 4.78 is 0. The van der Waals surface area contributed by atoms with Gasteiger partial charge in [0.25, 0.3) is 5.91 Å². The molecule has 0 N–H and O–H groups in total. The van der Waals surface area contributed by atoms with Gasteiger partial charge in [-0.15, -0.1) is 11.6 Å². The Balaban J connectivity index is 1.91. The van der Waals surface area contributed by atoms with Gasteiger partial charge in [0.05, 0.1) is 12.2 Å². The number of carbonyl (C=O) groups excluding carboxylic acids is 2. The number of halogens is 2. The maximum atomic E-state index is 12.8. The molecule has 5 nitrogen and oxygen atoms in total. The zero-order chi connectivity index (χ0) is 18.0. The standard InChI is InChI=1S/C18H14Cl2N2O3/c1-11(19)18(24)25-21-16-14-4-2-3-5-15(14)22(17(16)23)10-12-6-8-13(20)9-7-12/h2-9,11H,10H2,1H3/b21-16+/t11-/m1/s1. The molecule has 0 radical (unpaired) electrons. The van der Waals surface area contributed by atoms with Gasteiger partial charge in [0.2, 0.25) is 0 Å². The number of hydrogen-bond donors (Lipinski definition) is 0. The predicted octanol–water partition coefficient (Wildman–Crippen LogP) is 3.76. The smallest absolute Gasteiger partial charge is 0.316 e. The molecule has 1 atom stereocenters. The second kappa shape index (κ2) is 7.25. The number of alkyl halides is 1. The van der Waals surface area contributed by atoms with Crippen LogP contribution < -0.4 is 4.90 Å². The molecule has 7 heteroatoms. The zero-order valence-electron chi connectivity index (χ0n) is 13.3. The summed E-state index contributed by atoms with van der Waals surface area (Å²) >= 11 is 11.5. The summed E-state index contributed by atoms with van der Waals surface area (Å²) in [6, 6.07) is 14.4. The van der Waals surface area contributed by atoms with Crippen molar-refractivity contribution in [1.29, 1.82) is 0 Å². The number of para-hydroxylation sites is 1. The molecule has 1 aliphatic rings. The molecular weight excluding hydrogens is 363 g/mol. The van der Waals surface area contributed by atoms with Crippen LogP contribution in [0.2, 0.25) is 5.02 Å². The zero-order valence-corrected chi connectivity index (χ0v) is 14.8. The molecule has 0 aromatic heterocycles. The molecule has 1 heterocycles. The van der Waals surface area contributed by atoms with Crippen LogP contribution >= 0.6 is 23.2 Å². The molecule has 0 spiro atoms. The minimum Gasteiger partial charge on any atom is -0.316 e. The molecular formula is C18H14Cl2N2O3. The third-order valence-electron chi connectivity index (χ3n) is 3.70. The van der Waals surface area contributed by atoms with Crippen molar-refractivity contribution in [3.63, 3.8) is 0 Å². The maximum Gasteiger partial charge on any atom is 0.352 e. The van der Waals surface area contributed by atoms with Crippen LogP contribution in [0.5, 0.6) is 0 Å². The third-order valence-corrected chi connectivity index (χ3v) is 4.13. The van der Waals surface area contributed by atoms with Crippen molar-refractivity contribution in [2.75, 3.05) is 4.90 Å². The summed E-state index contributed by atoms with van der Waals surface area (Å²) in [7, 11) is 0. The van der Waals surface area contributed by atoms with E-state index >= 15 is 0 Å². The van der Waals surface area contributed by atoms with Crippen molar-refractivity contribution < 1.29 is 14.4 Å². The fraction of sp³-hybridized carbons (Fsp3) is 0.167. The number of fused-ring (bicyclic) bond motifs is 1. The summed E-state index contributed by atoms with van der Waals surface area (Å²) in [5, 5.41) is 3.52. The Morgan fingerprint density at radius 1 is 1.20 bits per heavy atom. The summed E-state index contributed by atoms with van der Waals surface area (Å²) in [5.74, 6) is -1.05. The summed E-state index contributed by atoms with van der Waals surface area (Å²) in [5.41, 5.74) is 2.31. The van der Waals surface area contributed by atoms with Gasteiger partial charge >= 0.3 is 5.97 Å². The van der Waals surface area contributed by atoms with Gasteiger partial charge in [0.15, 0.2) is 5.71 Å². The minimum absolute atomic E-state index is 0.0789. The second-order valence-electron chi connectivity index (χ2n) is 5.50. The van der Waals surface area contributed by atoms with E-state index in [1.165, 1.54) is 6.92 Å². The number of oxime groups is 1.